The van der Waals surface area contributed by atoms with E-state index < -0.39 is 11.6 Å². The van der Waals surface area contributed by atoms with Crippen molar-refractivity contribution in [1.29, 1.82) is 0 Å². The Hall–Kier alpha value is -3.29. The number of hydrogen-bond acceptors (Lipinski definition) is 6. The number of ether oxygens (including phenoxy) is 3. The van der Waals surface area contributed by atoms with Gasteiger partial charge in [0, 0.05) is 17.5 Å². The molecule has 1 saturated heterocycles. The summed E-state index contributed by atoms with van der Waals surface area (Å²) in [4.78, 5) is 19.2. The summed E-state index contributed by atoms with van der Waals surface area (Å²) in [5, 5.41) is 8.88. The van der Waals surface area contributed by atoms with Crippen LogP contribution in [-0.4, -0.2) is 40.9 Å². The minimum atomic E-state index is -0.999. The zero-order chi connectivity index (χ0) is 21.0. The van der Waals surface area contributed by atoms with Crippen LogP contribution in [0.25, 0.3) is 11.1 Å². The Morgan fingerprint density at radius 2 is 2.00 bits per heavy atom. The molecule has 30 heavy (non-hydrogen) atoms. The lowest BCUT2D eigenvalue weighted by molar-refractivity contribution is -0.220. The summed E-state index contributed by atoms with van der Waals surface area (Å²) in [7, 11) is 0. The second kappa shape index (κ2) is 8.61. The quantitative estimate of drug-likeness (QED) is 0.613. The molecule has 1 fully saturated rings. The molecule has 2 aromatic carbocycles. The van der Waals surface area contributed by atoms with Gasteiger partial charge in [-0.05, 0) is 41.8 Å². The van der Waals surface area contributed by atoms with E-state index in [1.165, 1.54) is 0 Å². The van der Waals surface area contributed by atoms with Crippen LogP contribution in [0.2, 0.25) is 0 Å². The molecule has 1 aliphatic heterocycles. The number of aromatic nitrogens is 2. The Labute approximate surface area is 174 Å². The average Bonchev–Trinajstić information content (AvgIpc) is 2.73. The van der Waals surface area contributed by atoms with Gasteiger partial charge in [0.05, 0.1) is 13.2 Å². The SMILES string of the molecule is Cc1ncncc1-c1cccc(COc2ccc(C3(OCC(=O)O)COC3)cc2)c1. The maximum Gasteiger partial charge on any atom is 0.329 e. The van der Waals surface area contributed by atoms with Gasteiger partial charge in [0.25, 0.3) is 0 Å². The van der Waals surface area contributed by atoms with Gasteiger partial charge >= 0.3 is 5.97 Å². The number of aliphatic carboxylic acids is 1. The van der Waals surface area contributed by atoms with E-state index in [4.69, 9.17) is 19.3 Å². The molecule has 0 spiro atoms. The summed E-state index contributed by atoms with van der Waals surface area (Å²) < 4.78 is 16.8. The summed E-state index contributed by atoms with van der Waals surface area (Å²) in [6.45, 7) is 2.71. The Balaban J connectivity index is 1.42. The molecule has 7 nitrogen and oxygen atoms in total. The zero-order valence-electron chi connectivity index (χ0n) is 16.6. The fraction of sp³-hybridized carbons (Fsp3) is 0.261. The molecule has 1 aromatic heterocycles. The van der Waals surface area contributed by atoms with Crippen LogP contribution in [0.5, 0.6) is 5.75 Å². The normalized spacial score (nSPS) is 14.7. The van der Waals surface area contributed by atoms with Crippen LogP contribution >= 0.6 is 0 Å². The number of nitrogens with zero attached hydrogens (tertiary/aromatic N) is 2. The highest BCUT2D eigenvalue weighted by Crippen LogP contribution is 2.34. The van der Waals surface area contributed by atoms with Crippen molar-refractivity contribution in [3.05, 3.63) is 77.9 Å². The van der Waals surface area contributed by atoms with Gasteiger partial charge < -0.3 is 19.3 Å². The lowest BCUT2D eigenvalue weighted by Gasteiger charge is -2.41. The number of rotatable bonds is 8. The topological polar surface area (TPSA) is 90.8 Å². The Kier molecular flexibility index (Phi) is 5.74. The lowest BCUT2D eigenvalue weighted by atomic mass is 9.91. The smallest absolute Gasteiger partial charge is 0.329 e. The highest BCUT2D eigenvalue weighted by molar-refractivity contribution is 5.68. The van der Waals surface area contributed by atoms with E-state index in [1.54, 1.807) is 6.33 Å². The van der Waals surface area contributed by atoms with Gasteiger partial charge in [0.2, 0.25) is 0 Å². The zero-order valence-corrected chi connectivity index (χ0v) is 16.6. The molecule has 0 aliphatic carbocycles. The molecule has 0 unspecified atom stereocenters. The first-order chi connectivity index (χ1) is 14.6. The van der Waals surface area contributed by atoms with E-state index in [9.17, 15) is 4.79 Å². The number of benzene rings is 2. The molecule has 7 heteroatoms. The fourth-order valence-electron chi connectivity index (χ4n) is 3.35. The Morgan fingerprint density at radius 1 is 1.20 bits per heavy atom. The largest absolute Gasteiger partial charge is 0.489 e. The highest BCUT2D eigenvalue weighted by Gasteiger charge is 2.42. The monoisotopic (exact) mass is 406 g/mol. The van der Waals surface area contributed by atoms with Gasteiger partial charge in [0.15, 0.2) is 0 Å². The minimum absolute atomic E-state index is 0.343. The van der Waals surface area contributed by atoms with Gasteiger partial charge in [-0.3, -0.25) is 0 Å². The van der Waals surface area contributed by atoms with Crippen LogP contribution < -0.4 is 4.74 Å². The van der Waals surface area contributed by atoms with Crippen molar-refractivity contribution < 1.29 is 24.1 Å². The summed E-state index contributed by atoms with van der Waals surface area (Å²) in [5.74, 6) is -0.280. The van der Waals surface area contributed by atoms with Crippen molar-refractivity contribution in [3.63, 3.8) is 0 Å². The number of carboxylic acid groups (broad SMARTS) is 1. The van der Waals surface area contributed by atoms with Crippen molar-refractivity contribution in [2.45, 2.75) is 19.1 Å². The molecular weight excluding hydrogens is 384 g/mol. The van der Waals surface area contributed by atoms with Gasteiger partial charge in [0.1, 0.15) is 30.9 Å². The molecule has 0 amide bonds. The van der Waals surface area contributed by atoms with Crippen molar-refractivity contribution in [1.82, 2.24) is 9.97 Å². The van der Waals surface area contributed by atoms with Gasteiger partial charge in [-0.15, -0.1) is 0 Å². The molecule has 154 valence electrons. The Morgan fingerprint density at radius 3 is 2.67 bits per heavy atom. The van der Waals surface area contributed by atoms with Crippen LogP contribution in [0.3, 0.4) is 0 Å². The van der Waals surface area contributed by atoms with E-state index in [2.05, 4.69) is 16.0 Å². The Bertz CT molecular complexity index is 1030. The number of aryl methyl sites for hydroxylation is 1. The highest BCUT2D eigenvalue weighted by atomic mass is 16.6. The van der Waals surface area contributed by atoms with E-state index >= 15 is 0 Å². The maximum atomic E-state index is 10.8. The van der Waals surface area contributed by atoms with Crippen LogP contribution in [0.15, 0.2) is 61.1 Å². The lowest BCUT2D eigenvalue weighted by Crippen LogP contribution is -2.49. The van der Waals surface area contributed by atoms with Crippen molar-refractivity contribution >= 4 is 5.97 Å². The standard InChI is InChI=1S/C23H22N2O5/c1-16-21(10-24-15-25-16)18-4-2-3-17(9-18)11-29-20-7-5-19(6-8-20)23(13-28-14-23)30-12-22(26)27/h2-10,15H,11-14H2,1H3,(H,26,27). The predicted octanol–water partition coefficient (Wildman–Crippen LogP) is 3.36. The maximum absolute atomic E-state index is 10.8. The van der Waals surface area contributed by atoms with Crippen LogP contribution in [0.1, 0.15) is 16.8 Å². The van der Waals surface area contributed by atoms with E-state index in [1.807, 2.05) is 55.6 Å². The number of carbonyl (C=O) groups is 1. The molecule has 2 heterocycles. The second-order valence-electron chi connectivity index (χ2n) is 7.20. The molecule has 0 radical (unpaired) electrons. The third-order valence-corrected chi connectivity index (χ3v) is 5.08. The first kappa shape index (κ1) is 20.0. The van der Waals surface area contributed by atoms with E-state index in [0.29, 0.717) is 19.8 Å². The van der Waals surface area contributed by atoms with E-state index in [-0.39, 0.29) is 6.61 Å². The minimum Gasteiger partial charge on any atom is -0.489 e. The molecule has 0 saturated carbocycles. The first-order valence-electron chi connectivity index (χ1n) is 9.58. The fourth-order valence-corrected chi connectivity index (χ4v) is 3.35. The second-order valence-corrected chi connectivity index (χ2v) is 7.20. The summed E-state index contributed by atoms with van der Waals surface area (Å²) in [6, 6.07) is 15.6. The molecule has 3 aromatic rings. The third kappa shape index (κ3) is 4.32. The summed E-state index contributed by atoms with van der Waals surface area (Å²) in [5.41, 5.74) is 4.20. The average molecular weight is 406 g/mol. The third-order valence-electron chi connectivity index (χ3n) is 5.08. The van der Waals surface area contributed by atoms with E-state index in [0.717, 1.165) is 33.7 Å². The predicted molar refractivity (Wildman–Crippen MR) is 109 cm³/mol. The molecule has 0 atom stereocenters. The summed E-state index contributed by atoms with van der Waals surface area (Å²) in [6.07, 6.45) is 3.36. The van der Waals surface area contributed by atoms with Crippen LogP contribution in [0, 0.1) is 6.92 Å². The number of carboxylic acids is 1. The molecule has 1 N–H and O–H groups in total. The van der Waals surface area contributed by atoms with Crippen LogP contribution in [0.4, 0.5) is 0 Å². The van der Waals surface area contributed by atoms with Crippen molar-refractivity contribution in [2.24, 2.45) is 0 Å². The van der Waals surface area contributed by atoms with Gasteiger partial charge in [-0.2, -0.15) is 0 Å². The first-order valence-corrected chi connectivity index (χ1v) is 9.58. The summed E-state index contributed by atoms with van der Waals surface area (Å²) >= 11 is 0. The van der Waals surface area contributed by atoms with Gasteiger partial charge in [-0.25, -0.2) is 14.8 Å². The van der Waals surface area contributed by atoms with Gasteiger partial charge in [-0.1, -0.05) is 30.3 Å². The molecule has 0 bridgehead atoms. The van der Waals surface area contributed by atoms with Crippen molar-refractivity contribution in [3.8, 4) is 16.9 Å². The van der Waals surface area contributed by atoms with Crippen molar-refractivity contribution in [2.75, 3.05) is 19.8 Å². The molecular formula is C23H22N2O5. The molecule has 4 rings (SSSR count). The van der Waals surface area contributed by atoms with Crippen LogP contribution in [-0.2, 0) is 26.5 Å². The number of hydrogen-bond donors (Lipinski definition) is 1. The molecule has 1 aliphatic rings.